The van der Waals surface area contributed by atoms with Gasteiger partial charge in [-0.15, -0.1) is 0 Å². The summed E-state index contributed by atoms with van der Waals surface area (Å²) in [4.78, 5) is 19.5. The van der Waals surface area contributed by atoms with E-state index in [1.54, 1.807) is 0 Å². The molecular weight excluding hydrogens is 294 g/mol. The van der Waals surface area contributed by atoms with Crippen LogP contribution in [0.3, 0.4) is 0 Å². The first-order valence-corrected chi connectivity index (χ1v) is 8.02. The second-order valence-corrected chi connectivity index (χ2v) is 5.81. The van der Waals surface area contributed by atoms with Crippen LogP contribution >= 0.6 is 0 Å². The van der Waals surface area contributed by atoms with Crippen molar-refractivity contribution in [2.24, 2.45) is 0 Å². The molecule has 0 fully saturated rings. The van der Waals surface area contributed by atoms with Gasteiger partial charge in [0.1, 0.15) is 11.3 Å². The topological polar surface area (TPSA) is 97.3 Å². The molecule has 0 saturated carbocycles. The number of hydrogen-bond acceptors (Lipinski definition) is 5. The molecule has 2 heterocycles. The molecule has 2 aromatic heterocycles. The van der Waals surface area contributed by atoms with Crippen LogP contribution in [0.4, 0.5) is 5.82 Å². The van der Waals surface area contributed by atoms with Gasteiger partial charge in [0.25, 0.3) is 0 Å². The zero-order chi connectivity index (χ0) is 17.0. The fourth-order valence-corrected chi connectivity index (χ4v) is 2.80. The Kier molecular flexibility index (Phi) is 5.54. The van der Waals surface area contributed by atoms with Gasteiger partial charge in [-0.25, -0.2) is 15.0 Å². The predicted octanol–water partition coefficient (Wildman–Crippen LogP) is 2.21. The lowest BCUT2D eigenvalue weighted by atomic mass is 10.2. The fraction of sp³-hybridized carbons (Fsp3) is 0.562. The number of nitrogens with two attached hydrogens (primary N) is 1. The van der Waals surface area contributed by atoms with Crippen LogP contribution in [-0.2, 0) is 17.8 Å². The number of fused-ring (bicyclic) bond motifs is 1. The van der Waals surface area contributed by atoms with E-state index in [9.17, 15) is 4.79 Å². The number of aryl methyl sites for hydroxylation is 4. The van der Waals surface area contributed by atoms with Crippen LogP contribution < -0.4 is 5.73 Å². The predicted molar refractivity (Wildman–Crippen MR) is 89.2 cm³/mol. The molecular formula is C16H25N5O2. The number of nitrogen functional groups attached to an aromatic ring is 1. The third-order valence-corrected chi connectivity index (χ3v) is 4.09. The van der Waals surface area contributed by atoms with Crippen molar-refractivity contribution >= 4 is 23.3 Å². The first-order valence-electron chi connectivity index (χ1n) is 8.02. The van der Waals surface area contributed by atoms with E-state index in [1.807, 2.05) is 13.8 Å². The van der Waals surface area contributed by atoms with Crippen molar-refractivity contribution in [2.45, 2.75) is 53.0 Å². The molecule has 0 saturated heterocycles. The molecule has 7 heteroatoms. The average Bonchev–Trinajstić information content (AvgIpc) is 2.88. The molecule has 0 bridgehead atoms. The zero-order valence-corrected chi connectivity index (χ0v) is 14.0. The molecule has 2 aromatic rings. The summed E-state index contributed by atoms with van der Waals surface area (Å²) in [7, 11) is 0. The average molecular weight is 319 g/mol. The third-order valence-electron chi connectivity index (χ3n) is 4.09. The van der Waals surface area contributed by atoms with Crippen molar-refractivity contribution < 1.29 is 10.0 Å². The number of carbonyl (C=O) groups is 1. The summed E-state index contributed by atoms with van der Waals surface area (Å²) in [5.74, 6) is 1.49. The Hall–Kier alpha value is -2.15. The quantitative estimate of drug-likeness (QED) is 0.336. The van der Waals surface area contributed by atoms with Gasteiger partial charge >= 0.3 is 0 Å². The number of pyridine rings is 1. The molecule has 0 aliphatic rings. The van der Waals surface area contributed by atoms with Crippen LogP contribution in [0.25, 0.3) is 11.0 Å². The number of rotatable bonds is 8. The molecule has 23 heavy (non-hydrogen) atoms. The van der Waals surface area contributed by atoms with Gasteiger partial charge in [-0.2, -0.15) is 0 Å². The highest BCUT2D eigenvalue weighted by Gasteiger charge is 2.16. The Morgan fingerprint density at radius 2 is 2.04 bits per heavy atom. The maximum absolute atomic E-state index is 10.4. The highest BCUT2D eigenvalue weighted by atomic mass is 16.5. The first-order chi connectivity index (χ1) is 11.0. The van der Waals surface area contributed by atoms with Gasteiger partial charge < -0.3 is 10.3 Å². The number of hydroxylamine groups is 2. The monoisotopic (exact) mass is 319 g/mol. The van der Waals surface area contributed by atoms with E-state index in [0.29, 0.717) is 23.8 Å². The Balaban J connectivity index is 2.31. The standard InChI is InChI=1S/C16H25N5O2/c1-4-7-13-19-14-15(11(2)12(3)18-16(14)17)21(13)9-6-5-8-20(23)10-22/h10,23H,4-9H2,1-3H3,(H2,17,18). The maximum atomic E-state index is 10.4. The van der Waals surface area contributed by atoms with Crippen LogP contribution in [0.15, 0.2) is 0 Å². The second-order valence-electron chi connectivity index (χ2n) is 5.81. The summed E-state index contributed by atoms with van der Waals surface area (Å²) in [5, 5.41) is 9.84. The van der Waals surface area contributed by atoms with Gasteiger partial charge in [0.15, 0.2) is 5.82 Å². The summed E-state index contributed by atoms with van der Waals surface area (Å²) in [6.07, 6.45) is 3.87. The summed E-state index contributed by atoms with van der Waals surface area (Å²) < 4.78 is 2.21. The highest BCUT2D eigenvalue weighted by molar-refractivity contribution is 5.88. The summed E-state index contributed by atoms with van der Waals surface area (Å²) in [5.41, 5.74) is 9.89. The molecule has 2 rings (SSSR count). The molecule has 0 aliphatic heterocycles. The second kappa shape index (κ2) is 7.41. The minimum atomic E-state index is 0.334. The van der Waals surface area contributed by atoms with E-state index in [1.165, 1.54) is 0 Å². The van der Waals surface area contributed by atoms with E-state index in [0.717, 1.165) is 60.3 Å². The van der Waals surface area contributed by atoms with Crippen molar-refractivity contribution in [1.82, 2.24) is 19.6 Å². The lowest BCUT2D eigenvalue weighted by Crippen LogP contribution is -2.18. The molecule has 0 aliphatic carbocycles. The van der Waals surface area contributed by atoms with Crippen molar-refractivity contribution in [3.05, 3.63) is 17.1 Å². The van der Waals surface area contributed by atoms with Gasteiger partial charge in [0.2, 0.25) is 6.41 Å². The number of aromatic nitrogens is 3. The molecule has 0 spiro atoms. The number of hydrogen-bond donors (Lipinski definition) is 2. The normalized spacial score (nSPS) is 11.1. The first kappa shape index (κ1) is 17.2. The van der Waals surface area contributed by atoms with Gasteiger partial charge in [-0.3, -0.25) is 10.0 Å². The highest BCUT2D eigenvalue weighted by Crippen LogP contribution is 2.27. The molecule has 0 atom stereocenters. The van der Waals surface area contributed by atoms with E-state index in [-0.39, 0.29) is 0 Å². The van der Waals surface area contributed by atoms with Crippen LogP contribution in [0.2, 0.25) is 0 Å². The summed E-state index contributed by atoms with van der Waals surface area (Å²) >= 11 is 0. The van der Waals surface area contributed by atoms with Crippen molar-refractivity contribution in [1.29, 1.82) is 0 Å². The number of nitrogens with zero attached hydrogens (tertiary/aromatic N) is 4. The minimum Gasteiger partial charge on any atom is -0.382 e. The van der Waals surface area contributed by atoms with Crippen molar-refractivity contribution in [2.75, 3.05) is 12.3 Å². The smallest absolute Gasteiger partial charge is 0.233 e. The van der Waals surface area contributed by atoms with Gasteiger partial charge in [-0.1, -0.05) is 6.92 Å². The fourth-order valence-electron chi connectivity index (χ4n) is 2.80. The Labute approximate surface area is 136 Å². The largest absolute Gasteiger partial charge is 0.382 e. The molecule has 7 nitrogen and oxygen atoms in total. The van der Waals surface area contributed by atoms with E-state index in [2.05, 4.69) is 16.5 Å². The van der Waals surface area contributed by atoms with Gasteiger partial charge in [0, 0.05) is 25.2 Å². The molecule has 1 amide bonds. The molecule has 3 N–H and O–H groups in total. The molecule has 0 radical (unpaired) electrons. The van der Waals surface area contributed by atoms with Gasteiger partial charge in [0.05, 0.1) is 5.52 Å². The number of anilines is 1. The molecule has 0 unspecified atom stereocenters. The van der Waals surface area contributed by atoms with Crippen LogP contribution in [0, 0.1) is 13.8 Å². The Morgan fingerprint density at radius 3 is 2.70 bits per heavy atom. The molecule has 126 valence electrons. The van der Waals surface area contributed by atoms with Crippen LogP contribution in [0.5, 0.6) is 0 Å². The van der Waals surface area contributed by atoms with E-state index in [4.69, 9.17) is 15.9 Å². The molecule has 0 aromatic carbocycles. The minimum absolute atomic E-state index is 0.334. The SMILES string of the molecule is CCCc1nc2c(N)nc(C)c(C)c2n1CCCCN(O)C=O. The van der Waals surface area contributed by atoms with Crippen molar-refractivity contribution in [3.63, 3.8) is 0 Å². The Morgan fingerprint density at radius 1 is 1.30 bits per heavy atom. The number of unbranched alkanes of at least 4 members (excludes halogenated alkanes) is 1. The third kappa shape index (κ3) is 3.61. The van der Waals surface area contributed by atoms with Gasteiger partial charge in [-0.05, 0) is 38.7 Å². The van der Waals surface area contributed by atoms with E-state index < -0.39 is 0 Å². The summed E-state index contributed by atoms with van der Waals surface area (Å²) in [6.45, 7) is 7.23. The van der Waals surface area contributed by atoms with Crippen LogP contribution in [0.1, 0.15) is 43.3 Å². The lowest BCUT2D eigenvalue weighted by Gasteiger charge is -2.12. The zero-order valence-electron chi connectivity index (χ0n) is 14.0. The number of amides is 1. The maximum Gasteiger partial charge on any atom is 0.233 e. The summed E-state index contributed by atoms with van der Waals surface area (Å²) in [6, 6.07) is 0. The number of carbonyl (C=O) groups excluding carboxylic acids is 1. The number of imidazole rings is 1. The van der Waals surface area contributed by atoms with Crippen LogP contribution in [-0.4, -0.2) is 37.8 Å². The lowest BCUT2D eigenvalue weighted by molar-refractivity contribution is -0.149. The Bertz CT molecular complexity index is 696. The van der Waals surface area contributed by atoms with Crippen molar-refractivity contribution in [3.8, 4) is 0 Å². The van der Waals surface area contributed by atoms with E-state index >= 15 is 0 Å².